The topological polar surface area (TPSA) is 71.7 Å². The van der Waals surface area contributed by atoms with Crippen molar-refractivity contribution in [1.82, 2.24) is 15.1 Å². The van der Waals surface area contributed by atoms with Crippen molar-refractivity contribution < 1.29 is 9.18 Å². The molecule has 1 heterocycles. The smallest absolute Gasteiger partial charge is 0.231 e. The highest BCUT2D eigenvalue weighted by atomic mass is 19.1. The molecule has 2 aromatic rings. The Hall–Kier alpha value is -3.40. The number of guanidine groups is 1. The van der Waals surface area contributed by atoms with Gasteiger partial charge in [-0.2, -0.15) is 5.26 Å². The van der Waals surface area contributed by atoms with E-state index in [4.69, 9.17) is 5.26 Å². The summed E-state index contributed by atoms with van der Waals surface area (Å²) in [4.78, 5) is 21.2. The molecular formula is C23H26FN5O. The molecule has 1 saturated heterocycles. The van der Waals surface area contributed by atoms with Gasteiger partial charge in [-0.05, 0) is 36.1 Å². The molecule has 3 rings (SSSR count). The third-order valence-corrected chi connectivity index (χ3v) is 5.58. The first kappa shape index (κ1) is 21.3. The zero-order chi connectivity index (χ0) is 21.6. The molecular weight excluding hydrogens is 381 g/mol. The van der Waals surface area contributed by atoms with Crippen LogP contribution < -0.4 is 5.32 Å². The fourth-order valence-electron chi connectivity index (χ4n) is 3.94. The van der Waals surface area contributed by atoms with Crippen molar-refractivity contribution in [2.45, 2.75) is 24.8 Å². The molecule has 1 fully saturated rings. The maximum Gasteiger partial charge on any atom is 0.231 e. The number of aliphatic imine (C=N–C) groups is 1. The van der Waals surface area contributed by atoms with Crippen molar-refractivity contribution in [3.8, 4) is 6.19 Å². The van der Waals surface area contributed by atoms with Crippen LogP contribution in [0.25, 0.3) is 0 Å². The molecule has 1 aliphatic rings. The maximum absolute atomic E-state index is 13.4. The molecule has 0 radical (unpaired) electrons. The van der Waals surface area contributed by atoms with E-state index in [1.54, 1.807) is 12.1 Å². The number of benzene rings is 2. The van der Waals surface area contributed by atoms with E-state index < -0.39 is 5.41 Å². The van der Waals surface area contributed by atoms with Crippen molar-refractivity contribution >= 4 is 11.9 Å². The highest BCUT2D eigenvalue weighted by Gasteiger charge is 2.43. The second-order valence-corrected chi connectivity index (χ2v) is 7.65. The second kappa shape index (κ2) is 9.40. The molecule has 1 aliphatic heterocycles. The average molecular weight is 407 g/mol. The lowest BCUT2D eigenvalue weighted by atomic mass is 9.72. The molecule has 30 heavy (non-hydrogen) atoms. The van der Waals surface area contributed by atoms with E-state index >= 15 is 0 Å². The summed E-state index contributed by atoms with van der Waals surface area (Å²) in [7, 11) is 3.70. The van der Waals surface area contributed by atoms with Crippen molar-refractivity contribution in [3.05, 3.63) is 71.5 Å². The number of rotatable bonds is 4. The summed E-state index contributed by atoms with van der Waals surface area (Å²) in [5.41, 5.74) is 1.16. The lowest BCUT2D eigenvalue weighted by molar-refractivity contribution is -0.128. The van der Waals surface area contributed by atoms with Gasteiger partial charge in [-0.1, -0.05) is 42.5 Å². The van der Waals surface area contributed by atoms with E-state index in [1.165, 1.54) is 12.1 Å². The molecule has 0 bridgehead atoms. The number of carbonyl (C=O) groups excluding carboxylic acids is 1. The van der Waals surface area contributed by atoms with Crippen LogP contribution in [0.2, 0.25) is 0 Å². The van der Waals surface area contributed by atoms with Crippen LogP contribution in [-0.2, 0) is 16.8 Å². The lowest BCUT2D eigenvalue weighted by Gasteiger charge is -2.42. The Kier molecular flexibility index (Phi) is 6.68. The molecule has 156 valence electrons. The van der Waals surface area contributed by atoms with Gasteiger partial charge in [-0.3, -0.25) is 4.79 Å². The summed E-state index contributed by atoms with van der Waals surface area (Å²) in [6, 6.07) is 15.9. The minimum absolute atomic E-state index is 0.0405. The fraction of sp³-hybridized carbons (Fsp3) is 0.348. The number of nitrogens with one attached hydrogen (secondary N) is 1. The van der Waals surface area contributed by atoms with Gasteiger partial charge in [0.05, 0.1) is 5.41 Å². The molecule has 0 atom stereocenters. The van der Waals surface area contributed by atoms with Gasteiger partial charge in [0.25, 0.3) is 0 Å². The summed E-state index contributed by atoms with van der Waals surface area (Å²) in [5.74, 6) is 0.265. The summed E-state index contributed by atoms with van der Waals surface area (Å²) in [6.45, 7) is 1.56. The number of nitriles is 1. The summed E-state index contributed by atoms with van der Waals surface area (Å²) in [5, 5.41) is 12.0. The standard InChI is InChI=1S/C23H26FN5O/c1-28(2)22(27-17-25)29-14-12-23(13-15-29,19-6-4-3-5-7-19)21(30)26-16-18-8-10-20(24)11-9-18/h3-11H,12-16H2,1-2H3,(H,26,30). The predicted octanol–water partition coefficient (Wildman–Crippen LogP) is 2.87. The minimum atomic E-state index is -0.665. The fourth-order valence-corrected chi connectivity index (χ4v) is 3.94. The quantitative estimate of drug-likeness (QED) is 0.481. The van der Waals surface area contributed by atoms with Crippen molar-refractivity contribution in [2.24, 2.45) is 4.99 Å². The number of carbonyl (C=O) groups is 1. The molecule has 0 spiro atoms. The zero-order valence-corrected chi connectivity index (χ0v) is 17.3. The van der Waals surface area contributed by atoms with Crippen LogP contribution in [0.15, 0.2) is 59.6 Å². The van der Waals surface area contributed by atoms with Gasteiger partial charge in [0.1, 0.15) is 5.82 Å². The minimum Gasteiger partial charge on any atom is -0.351 e. The highest BCUT2D eigenvalue weighted by Crippen LogP contribution is 2.36. The predicted molar refractivity (Wildman–Crippen MR) is 114 cm³/mol. The normalized spacial score (nSPS) is 15.9. The molecule has 6 nitrogen and oxygen atoms in total. The number of halogens is 1. The van der Waals surface area contributed by atoms with Gasteiger partial charge in [-0.25, -0.2) is 4.39 Å². The van der Waals surface area contributed by atoms with Gasteiger partial charge < -0.3 is 15.1 Å². The van der Waals surface area contributed by atoms with Crippen LogP contribution >= 0.6 is 0 Å². The first-order valence-corrected chi connectivity index (χ1v) is 9.93. The number of hydrogen-bond donors (Lipinski definition) is 1. The van der Waals surface area contributed by atoms with E-state index in [0.29, 0.717) is 38.4 Å². The summed E-state index contributed by atoms with van der Waals surface area (Å²) in [6.07, 6.45) is 3.07. The molecule has 0 aromatic heterocycles. The number of nitrogens with zero attached hydrogens (tertiary/aromatic N) is 4. The van der Waals surface area contributed by atoms with E-state index in [0.717, 1.165) is 11.1 Å². The Morgan fingerprint density at radius 2 is 1.80 bits per heavy atom. The van der Waals surface area contributed by atoms with Crippen LogP contribution in [0, 0.1) is 17.3 Å². The molecule has 7 heteroatoms. The zero-order valence-electron chi connectivity index (χ0n) is 17.3. The van der Waals surface area contributed by atoms with E-state index in [1.807, 2.05) is 60.4 Å². The highest BCUT2D eigenvalue weighted by molar-refractivity contribution is 5.89. The third kappa shape index (κ3) is 4.60. The summed E-state index contributed by atoms with van der Waals surface area (Å²) >= 11 is 0. The number of amides is 1. The Morgan fingerprint density at radius 3 is 2.37 bits per heavy atom. The first-order valence-electron chi connectivity index (χ1n) is 9.93. The van der Waals surface area contributed by atoms with Crippen LogP contribution in [-0.4, -0.2) is 48.9 Å². The van der Waals surface area contributed by atoms with E-state index in [-0.39, 0.29) is 11.7 Å². The van der Waals surface area contributed by atoms with Crippen LogP contribution in [0.4, 0.5) is 4.39 Å². The molecule has 1 N–H and O–H groups in total. The van der Waals surface area contributed by atoms with Crippen LogP contribution in [0.3, 0.4) is 0 Å². The van der Waals surface area contributed by atoms with Gasteiger partial charge in [0.2, 0.25) is 18.1 Å². The first-order chi connectivity index (χ1) is 14.5. The molecule has 2 aromatic carbocycles. The van der Waals surface area contributed by atoms with Gasteiger partial charge in [-0.15, -0.1) is 4.99 Å². The number of likely N-dealkylation sites (tertiary alicyclic amines) is 1. The SMILES string of the molecule is CN(C)C(=NC#N)N1CCC(C(=O)NCc2ccc(F)cc2)(c2ccccc2)CC1. The lowest BCUT2D eigenvalue weighted by Crippen LogP contribution is -2.54. The Labute approximate surface area is 176 Å². The molecule has 0 aliphatic carbocycles. The van der Waals surface area contributed by atoms with E-state index in [2.05, 4.69) is 10.3 Å². The number of hydrogen-bond acceptors (Lipinski definition) is 3. The number of piperidine rings is 1. The summed E-state index contributed by atoms with van der Waals surface area (Å²) < 4.78 is 13.1. The molecule has 1 amide bonds. The second-order valence-electron chi connectivity index (χ2n) is 7.65. The Balaban J connectivity index is 1.80. The monoisotopic (exact) mass is 407 g/mol. The van der Waals surface area contributed by atoms with E-state index in [9.17, 15) is 9.18 Å². The molecule has 0 saturated carbocycles. The van der Waals surface area contributed by atoms with Crippen molar-refractivity contribution in [3.63, 3.8) is 0 Å². The van der Waals surface area contributed by atoms with Crippen LogP contribution in [0.1, 0.15) is 24.0 Å². The van der Waals surface area contributed by atoms with Crippen molar-refractivity contribution in [1.29, 1.82) is 5.26 Å². The Bertz CT molecular complexity index is 926. The average Bonchev–Trinajstić information content (AvgIpc) is 2.77. The van der Waals surface area contributed by atoms with Gasteiger partial charge in [0, 0.05) is 33.7 Å². The Morgan fingerprint density at radius 1 is 1.17 bits per heavy atom. The van der Waals surface area contributed by atoms with Gasteiger partial charge >= 0.3 is 0 Å². The van der Waals surface area contributed by atoms with Crippen LogP contribution in [0.5, 0.6) is 0 Å². The largest absolute Gasteiger partial charge is 0.351 e. The van der Waals surface area contributed by atoms with Crippen molar-refractivity contribution in [2.75, 3.05) is 27.2 Å². The van der Waals surface area contributed by atoms with Gasteiger partial charge in [0.15, 0.2) is 0 Å². The maximum atomic E-state index is 13.4. The molecule has 0 unspecified atom stereocenters. The third-order valence-electron chi connectivity index (χ3n) is 5.58.